The third-order valence-electron chi connectivity index (χ3n) is 2.15. The van der Waals surface area contributed by atoms with Gasteiger partial charge in [-0.05, 0) is 0 Å². The summed E-state index contributed by atoms with van der Waals surface area (Å²) in [6, 6.07) is 0. The minimum atomic E-state index is -0.296. The molecule has 0 saturated heterocycles. The van der Waals surface area contributed by atoms with Crippen LogP contribution in [0.5, 0.6) is 0 Å². The molecular formula is C8H22OSi. The summed E-state index contributed by atoms with van der Waals surface area (Å²) < 4.78 is 0. The van der Waals surface area contributed by atoms with E-state index < -0.39 is 0 Å². The van der Waals surface area contributed by atoms with Crippen LogP contribution in [0, 0.1) is 0 Å². The lowest BCUT2D eigenvalue weighted by atomic mass is 10.2. The highest BCUT2D eigenvalue weighted by atomic mass is 28.3. The summed E-state index contributed by atoms with van der Waals surface area (Å²) in [5, 5.41) is 0. The van der Waals surface area contributed by atoms with E-state index in [1.165, 1.54) is 19.3 Å². The molecule has 0 amide bonds. The van der Waals surface area contributed by atoms with Crippen LogP contribution < -0.4 is 0 Å². The molecule has 0 radical (unpaired) electrons. The number of rotatable bonds is 4. The Morgan fingerprint density at radius 3 is 2.10 bits per heavy atom. The summed E-state index contributed by atoms with van der Waals surface area (Å²) in [7, 11) is -0.296. The van der Waals surface area contributed by atoms with Gasteiger partial charge in [0.05, 0.1) is 0 Å². The Bertz CT molecular complexity index is 64.3. The van der Waals surface area contributed by atoms with E-state index >= 15 is 0 Å². The molecule has 2 heteroatoms. The Balaban J connectivity index is 0. The molecule has 10 heavy (non-hydrogen) atoms. The van der Waals surface area contributed by atoms with E-state index in [2.05, 4.69) is 26.9 Å². The van der Waals surface area contributed by atoms with Crippen LogP contribution in [0.4, 0.5) is 0 Å². The van der Waals surface area contributed by atoms with Crippen LogP contribution in [0.1, 0.15) is 33.1 Å². The minimum absolute atomic E-state index is 0. The Morgan fingerprint density at radius 2 is 1.80 bits per heavy atom. The first-order chi connectivity index (χ1) is 4.18. The van der Waals surface area contributed by atoms with Crippen molar-refractivity contribution in [2.24, 2.45) is 0 Å². The summed E-state index contributed by atoms with van der Waals surface area (Å²) in [5.74, 6) is 0. The average Bonchev–Trinajstić information content (AvgIpc) is 1.82. The van der Waals surface area contributed by atoms with E-state index in [-0.39, 0.29) is 14.3 Å². The molecule has 0 rings (SSSR count). The normalized spacial score (nSPS) is 12.9. The Kier molecular flexibility index (Phi) is 9.34. The smallest absolute Gasteiger partial charge is 0.0334 e. The molecule has 0 aliphatic rings. The van der Waals surface area contributed by atoms with E-state index in [9.17, 15) is 0 Å². The predicted molar refractivity (Wildman–Crippen MR) is 51.4 cm³/mol. The van der Waals surface area contributed by atoms with Crippen molar-refractivity contribution in [3.05, 3.63) is 0 Å². The highest BCUT2D eigenvalue weighted by molar-refractivity contribution is 6.57. The summed E-state index contributed by atoms with van der Waals surface area (Å²) in [4.78, 5) is 0. The van der Waals surface area contributed by atoms with E-state index in [0.29, 0.717) is 0 Å². The van der Waals surface area contributed by atoms with Gasteiger partial charge in [-0.15, -0.1) is 0 Å². The van der Waals surface area contributed by atoms with Gasteiger partial charge in [0.1, 0.15) is 0 Å². The van der Waals surface area contributed by atoms with Gasteiger partial charge in [0.15, 0.2) is 0 Å². The molecule has 2 N–H and O–H groups in total. The Labute approximate surface area is 66.8 Å². The second-order valence-electron chi connectivity index (χ2n) is 3.36. The fourth-order valence-electron chi connectivity index (χ4n) is 0.859. The first kappa shape index (κ1) is 12.8. The van der Waals surface area contributed by atoms with Gasteiger partial charge in [0, 0.05) is 8.80 Å². The van der Waals surface area contributed by atoms with E-state index in [4.69, 9.17) is 0 Å². The van der Waals surface area contributed by atoms with Crippen molar-refractivity contribution in [1.29, 1.82) is 0 Å². The zero-order valence-corrected chi connectivity index (χ0v) is 8.93. The van der Waals surface area contributed by atoms with Crippen molar-refractivity contribution in [2.45, 2.75) is 51.7 Å². The van der Waals surface area contributed by atoms with Crippen LogP contribution in [-0.4, -0.2) is 14.3 Å². The van der Waals surface area contributed by atoms with Gasteiger partial charge in [0.25, 0.3) is 0 Å². The molecule has 0 aliphatic carbocycles. The molecule has 0 aromatic carbocycles. The summed E-state index contributed by atoms with van der Waals surface area (Å²) >= 11 is 0. The third-order valence-corrected chi connectivity index (χ3v) is 4.76. The molecule has 0 aromatic rings. The molecule has 0 spiro atoms. The van der Waals surface area contributed by atoms with Gasteiger partial charge >= 0.3 is 0 Å². The van der Waals surface area contributed by atoms with E-state index in [1.807, 2.05) is 0 Å². The first-order valence-electron chi connectivity index (χ1n) is 4.18. The highest BCUT2D eigenvalue weighted by Gasteiger charge is 2.05. The highest BCUT2D eigenvalue weighted by Crippen LogP contribution is 2.16. The zero-order chi connectivity index (χ0) is 7.28. The van der Waals surface area contributed by atoms with Gasteiger partial charge in [-0.1, -0.05) is 51.7 Å². The van der Waals surface area contributed by atoms with Crippen molar-refractivity contribution in [3.63, 3.8) is 0 Å². The first-order valence-corrected chi connectivity index (χ1v) is 7.16. The molecule has 0 bridgehead atoms. The summed E-state index contributed by atoms with van der Waals surface area (Å²) in [6.07, 6.45) is 4.28. The van der Waals surface area contributed by atoms with Crippen molar-refractivity contribution in [3.8, 4) is 0 Å². The van der Waals surface area contributed by atoms with Crippen molar-refractivity contribution in [1.82, 2.24) is 0 Å². The van der Waals surface area contributed by atoms with Gasteiger partial charge in [-0.3, -0.25) is 0 Å². The van der Waals surface area contributed by atoms with Gasteiger partial charge in [-0.25, -0.2) is 0 Å². The fourth-order valence-corrected chi connectivity index (χ4v) is 1.76. The standard InChI is InChI=1S/C8H20Si.H2O/c1-5-6-7-8(2)9(3)4;/h8-9H,5-7H2,1-4H3;1H2. The van der Waals surface area contributed by atoms with Crippen molar-refractivity contribution >= 4 is 8.80 Å². The van der Waals surface area contributed by atoms with Gasteiger partial charge in [0.2, 0.25) is 0 Å². The molecule has 1 unspecified atom stereocenters. The van der Waals surface area contributed by atoms with Gasteiger partial charge in [-0.2, -0.15) is 0 Å². The second-order valence-corrected chi connectivity index (χ2v) is 6.99. The topological polar surface area (TPSA) is 31.5 Å². The average molecular weight is 162 g/mol. The van der Waals surface area contributed by atoms with Crippen LogP contribution in [0.3, 0.4) is 0 Å². The Morgan fingerprint density at radius 1 is 1.30 bits per heavy atom. The van der Waals surface area contributed by atoms with Gasteiger partial charge < -0.3 is 5.48 Å². The van der Waals surface area contributed by atoms with Crippen LogP contribution in [0.25, 0.3) is 0 Å². The third kappa shape index (κ3) is 6.30. The lowest BCUT2D eigenvalue weighted by Gasteiger charge is -2.12. The largest absolute Gasteiger partial charge is 0.412 e. The molecule has 0 aromatic heterocycles. The van der Waals surface area contributed by atoms with E-state index in [0.717, 1.165) is 5.54 Å². The lowest BCUT2D eigenvalue weighted by Crippen LogP contribution is -2.07. The van der Waals surface area contributed by atoms with Crippen LogP contribution in [0.2, 0.25) is 18.6 Å². The molecule has 0 saturated carbocycles. The zero-order valence-electron chi connectivity index (χ0n) is 7.78. The van der Waals surface area contributed by atoms with Crippen molar-refractivity contribution in [2.75, 3.05) is 0 Å². The summed E-state index contributed by atoms with van der Waals surface area (Å²) in [5.41, 5.74) is 1.06. The molecule has 0 heterocycles. The van der Waals surface area contributed by atoms with E-state index in [1.54, 1.807) is 0 Å². The maximum Gasteiger partial charge on any atom is 0.0334 e. The summed E-state index contributed by atoms with van der Waals surface area (Å²) in [6.45, 7) is 9.57. The molecule has 64 valence electrons. The maximum atomic E-state index is 2.44. The number of hydrogen-bond acceptors (Lipinski definition) is 0. The minimum Gasteiger partial charge on any atom is -0.412 e. The number of hydrogen-bond donors (Lipinski definition) is 0. The molecule has 0 fully saturated rings. The molecule has 0 aliphatic heterocycles. The second kappa shape index (κ2) is 7.29. The quantitative estimate of drug-likeness (QED) is 0.568. The lowest BCUT2D eigenvalue weighted by molar-refractivity contribution is 0.692. The van der Waals surface area contributed by atoms with Crippen molar-refractivity contribution < 1.29 is 5.48 Å². The molecule has 1 nitrogen and oxygen atoms in total. The monoisotopic (exact) mass is 162 g/mol. The predicted octanol–water partition coefficient (Wildman–Crippen LogP) is 2.23. The Hall–Kier alpha value is 0.177. The van der Waals surface area contributed by atoms with Crippen LogP contribution in [0.15, 0.2) is 0 Å². The SMILES string of the molecule is CCCCC(C)[SiH](C)C.O. The fraction of sp³-hybridized carbons (Fsp3) is 1.00. The molecular weight excluding hydrogens is 140 g/mol. The van der Waals surface area contributed by atoms with Crippen LogP contribution >= 0.6 is 0 Å². The molecule has 1 atom stereocenters. The number of unbranched alkanes of at least 4 members (excludes halogenated alkanes) is 1. The van der Waals surface area contributed by atoms with Crippen LogP contribution in [-0.2, 0) is 0 Å². The maximum absolute atomic E-state index is 2.44.